The van der Waals surface area contributed by atoms with Gasteiger partial charge in [0.1, 0.15) is 11.5 Å². The molecule has 164 valence electrons. The van der Waals surface area contributed by atoms with Crippen LogP contribution in [0.15, 0.2) is 30.6 Å². The number of aromatic nitrogens is 2. The van der Waals surface area contributed by atoms with Crippen molar-refractivity contribution in [2.24, 2.45) is 0 Å². The molecule has 0 amide bonds. The molecule has 5 rings (SSSR count). The molecule has 0 unspecified atom stereocenters. The van der Waals surface area contributed by atoms with Gasteiger partial charge in [0, 0.05) is 46.1 Å². The molecule has 0 aliphatic carbocycles. The third kappa shape index (κ3) is 4.06. The van der Waals surface area contributed by atoms with Crippen LogP contribution in [0.2, 0.25) is 5.02 Å². The van der Waals surface area contributed by atoms with E-state index >= 15 is 4.39 Å². The maximum Gasteiger partial charge on any atom is 0.139 e. The summed E-state index contributed by atoms with van der Waals surface area (Å²) in [6.45, 7) is 4.00. The first kappa shape index (κ1) is 21.1. The molecule has 3 aromatic rings. The van der Waals surface area contributed by atoms with Crippen LogP contribution in [0.3, 0.4) is 0 Å². The minimum Gasteiger partial charge on any atom is -0.345 e. The van der Waals surface area contributed by atoms with Crippen LogP contribution in [0.4, 0.5) is 4.39 Å². The van der Waals surface area contributed by atoms with Crippen LogP contribution in [0, 0.1) is 12.7 Å². The molecular formula is C24H27ClFN3OS. The molecule has 0 atom stereocenters. The lowest BCUT2D eigenvalue weighted by Gasteiger charge is -2.39. The zero-order valence-corrected chi connectivity index (χ0v) is 19.2. The first-order valence-electron chi connectivity index (χ1n) is 11.0. The Balaban J connectivity index is 1.37. The van der Waals surface area contributed by atoms with Gasteiger partial charge in [-0.2, -0.15) is 0 Å². The first-order valence-corrected chi connectivity index (χ1v) is 12.9. The van der Waals surface area contributed by atoms with E-state index in [0.29, 0.717) is 16.7 Å². The van der Waals surface area contributed by atoms with Gasteiger partial charge in [-0.1, -0.05) is 17.7 Å². The minimum absolute atomic E-state index is 0.127. The molecule has 31 heavy (non-hydrogen) atoms. The lowest BCUT2D eigenvalue weighted by molar-refractivity contribution is 0.142. The van der Waals surface area contributed by atoms with E-state index < -0.39 is 10.8 Å². The number of piperidine rings is 1. The second kappa shape index (κ2) is 8.64. The third-order valence-corrected chi connectivity index (χ3v) is 8.66. The predicted molar refractivity (Wildman–Crippen MR) is 126 cm³/mol. The predicted octanol–water partition coefficient (Wildman–Crippen LogP) is 5.42. The van der Waals surface area contributed by atoms with Crippen LogP contribution < -0.4 is 0 Å². The molecule has 0 saturated carbocycles. The normalized spacial score (nSPS) is 23.5. The number of nitrogens with zero attached hydrogens (tertiary/aromatic N) is 2. The molecular weight excluding hydrogens is 433 g/mol. The standard InChI is InChI=1S/C24H27ClFN3OS/c1-15-12-17(19-2-7-27-24-23(19)20(25)14-28-24)13-21(26)22(15)16-3-8-29(9-4-16)18-5-10-31(30)11-6-18/h2,7,12-14,16,18H,3-6,8-11H2,1H3,(H,27,28). The number of rotatable bonds is 3. The fourth-order valence-corrected chi connectivity index (χ4v) is 6.90. The van der Waals surface area contributed by atoms with Crippen LogP contribution in [0.1, 0.15) is 42.7 Å². The molecule has 4 heterocycles. The summed E-state index contributed by atoms with van der Waals surface area (Å²) < 4.78 is 27.0. The highest BCUT2D eigenvalue weighted by atomic mass is 35.5. The molecule has 0 bridgehead atoms. The Morgan fingerprint density at radius 1 is 1.19 bits per heavy atom. The van der Waals surface area contributed by atoms with Crippen molar-refractivity contribution in [3.05, 3.63) is 52.6 Å². The zero-order chi connectivity index (χ0) is 21.5. The first-order chi connectivity index (χ1) is 15.0. The number of aromatic amines is 1. The second-order valence-electron chi connectivity index (χ2n) is 8.80. The van der Waals surface area contributed by atoms with Gasteiger partial charge >= 0.3 is 0 Å². The Morgan fingerprint density at radius 3 is 2.65 bits per heavy atom. The summed E-state index contributed by atoms with van der Waals surface area (Å²) in [6, 6.07) is 6.18. The van der Waals surface area contributed by atoms with E-state index in [2.05, 4.69) is 20.9 Å². The molecule has 1 N–H and O–H groups in total. The van der Waals surface area contributed by atoms with Crippen molar-refractivity contribution in [2.75, 3.05) is 24.6 Å². The van der Waals surface area contributed by atoms with E-state index in [1.54, 1.807) is 18.5 Å². The van der Waals surface area contributed by atoms with Crippen LogP contribution in [-0.2, 0) is 10.8 Å². The van der Waals surface area contributed by atoms with Crippen LogP contribution >= 0.6 is 11.6 Å². The lowest BCUT2D eigenvalue weighted by atomic mass is 9.84. The number of pyridine rings is 1. The number of fused-ring (bicyclic) bond motifs is 1. The SMILES string of the molecule is Cc1cc(-c2ccnc3[nH]cc(Cl)c23)cc(F)c1C1CCN(C2CCS(=O)CC2)CC1. The van der Waals surface area contributed by atoms with Gasteiger partial charge < -0.3 is 9.88 Å². The highest BCUT2D eigenvalue weighted by Gasteiger charge is 2.30. The number of hydrogen-bond donors (Lipinski definition) is 1. The Kier molecular flexibility index (Phi) is 5.88. The Labute approximate surface area is 189 Å². The smallest absolute Gasteiger partial charge is 0.139 e. The Morgan fingerprint density at radius 2 is 1.94 bits per heavy atom. The largest absolute Gasteiger partial charge is 0.345 e. The van der Waals surface area contributed by atoms with Gasteiger partial charge in [0.05, 0.1) is 5.02 Å². The lowest BCUT2D eigenvalue weighted by Crippen LogP contribution is -2.44. The number of halogens is 2. The summed E-state index contributed by atoms with van der Waals surface area (Å²) in [5.41, 5.74) is 4.30. The quantitative estimate of drug-likeness (QED) is 0.568. The highest BCUT2D eigenvalue weighted by Crippen LogP contribution is 2.38. The van der Waals surface area contributed by atoms with Crippen LogP contribution in [-0.4, -0.2) is 49.7 Å². The minimum atomic E-state index is -0.625. The molecule has 0 radical (unpaired) electrons. The number of likely N-dealkylation sites (tertiary alicyclic amines) is 1. The van der Waals surface area contributed by atoms with Gasteiger partial charge in [-0.25, -0.2) is 9.37 Å². The average molecular weight is 460 g/mol. The molecule has 2 fully saturated rings. The van der Waals surface area contributed by atoms with E-state index in [1.807, 2.05) is 13.0 Å². The van der Waals surface area contributed by atoms with Crippen molar-refractivity contribution in [1.29, 1.82) is 0 Å². The Bertz CT molecular complexity index is 1110. The summed E-state index contributed by atoms with van der Waals surface area (Å²) in [5.74, 6) is 1.77. The number of H-pyrrole nitrogens is 1. The van der Waals surface area contributed by atoms with E-state index in [-0.39, 0.29) is 11.7 Å². The van der Waals surface area contributed by atoms with Crippen molar-refractivity contribution in [1.82, 2.24) is 14.9 Å². The molecule has 7 heteroatoms. The van der Waals surface area contributed by atoms with Gasteiger partial charge in [-0.15, -0.1) is 0 Å². The molecule has 2 aliphatic rings. The van der Waals surface area contributed by atoms with Crippen molar-refractivity contribution in [3.8, 4) is 11.1 Å². The second-order valence-corrected chi connectivity index (χ2v) is 10.9. The third-order valence-electron chi connectivity index (χ3n) is 6.98. The molecule has 1 aromatic carbocycles. The summed E-state index contributed by atoms with van der Waals surface area (Å²) in [7, 11) is -0.625. The van der Waals surface area contributed by atoms with Gasteiger partial charge in [-0.3, -0.25) is 4.21 Å². The topological polar surface area (TPSA) is 49.0 Å². The molecule has 0 spiro atoms. The van der Waals surface area contributed by atoms with Gasteiger partial charge in [-0.05, 0) is 86.0 Å². The van der Waals surface area contributed by atoms with E-state index in [9.17, 15) is 4.21 Å². The summed E-state index contributed by atoms with van der Waals surface area (Å²) in [4.78, 5) is 9.92. The molecule has 2 saturated heterocycles. The van der Waals surface area contributed by atoms with Gasteiger partial charge in [0.25, 0.3) is 0 Å². The Hall–Kier alpha value is -1.76. The van der Waals surface area contributed by atoms with Gasteiger partial charge in [0.2, 0.25) is 0 Å². The molecule has 4 nitrogen and oxygen atoms in total. The van der Waals surface area contributed by atoms with Crippen molar-refractivity contribution in [3.63, 3.8) is 0 Å². The fourth-order valence-electron chi connectivity index (χ4n) is 5.39. The van der Waals surface area contributed by atoms with Gasteiger partial charge in [0.15, 0.2) is 0 Å². The summed E-state index contributed by atoms with van der Waals surface area (Å²) in [5, 5.41) is 1.43. The molecule has 2 aliphatic heterocycles. The van der Waals surface area contributed by atoms with Crippen molar-refractivity contribution >= 4 is 33.4 Å². The maximum absolute atomic E-state index is 15.4. The highest BCUT2D eigenvalue weighted by molar-refractivity contribution is 7.85. The summed E-state index contributed by atoms with van der Waals surface area (Å²) in [6.07, 6.45) is 7.45. The van der Waals surface area contributed by atoms with Crippen LogP contribution in [0.5, 0.6) is 0 Å². The average Bonchev–Trinajstić information content (AvgIpc) is 3.15. The zero-order valence-electron chi connectivity index (χ0n) is 17.7. The summed E-state index contributed by atoms with van der Waals surface area (Å²) >= 11 is 6.36. The van der Waals surface area contributed by atoms with E-state index in [4.69, 9.17) is 11.6 Å². The van der Waals surface area contributed by atoms with E-state index in [0.717, 1.165) is 77.9 Å². The van der Waals surface area contributed by atoms with Crippen molar-refractivity contribution in [2.45, 2.75) is 44.6 Å². The van der Waals surface area contributed by atoms with Crippen LogP contribution in [0.25, 0.3) is 22.2 Å². The number of nitrogens with one attached hydrogen (secondary N) is 1. The number of aryl methyl sites for hydroxylation is 1. The number of benzene rings is 1. The number of hydrogen-bond acceptors (Lipinski definition) is 3. The fraction of sp³-hybridized carbons (Fsp3) is 0.458. The maximum atomic E-state index is 15.4. The monoisotopic (exact) mass is 459 g/mol. The van der Waals surface area contributed by atoms with Crippen molar-refractivity contribution < 1.29 is 8.60 Å². The van der Waals surface area contributed by atoms with E-state index in [1.165, 1.54) is 0 Å². The molecule has 2 aromatic heterocycles.